The SMILES string of the molecule is CC(C)(C)NC(=O)CNC(=NCc1ccc(Cl)cc1)Nc1ccc2c(c1)OCCCO2.I. The fourth-order valence-electron chi connectivity index (χ4n) is 2.90. The molecule has 0 aromatic heterocycles. The summed E-state index contributed by atoms with van der Waals surface area (Å²) in [4.78, 5) is 16.9. The number of nitrogens with one attached hydrogen (secondary N) is 3. The Morgan fingerprint density at radius 2 is 1.75 bits per heavy atom. The van der Waals surface area contributed by atoms with Gasteiger partial charge in [-0.25, -0.2) is 4.99 Å². The number of amides is 1. The lowest BCUT2D eigenvalue weighted by Crippen LogP contribution is -2.46. The van der Waals surface area contributed by atoms with E-state index in [2.05, 4.69) is 20.9 Å². The molecule has 0 spiro atoms. The van der Waals surface area contributed by atoms with Crippen LogP contribution < -0.4 is 25.4 Å². The summed E-state index contributed by atoms with van der Waals surface area (Å²) in [6.07, 6.45) is 0.843. The molecule has 7 nitrogen and oxygen atoms in total. The van der Waals surface area contributed by atoms with E-state index in [0.717, 1.165) is 23.4 Å². The summed E-state index contributed by atoms with van der Waals surface area (Å²) in [5, 5.41) is 9.95. The van der Waals surface area contributed by atoms with Crippen molar-refractivity contribution in [2.24, 2.45) is 4.99 Å². The Balaban J connectivity index is 0.00000363. The van der Waals surface area contributed by atoms with E-state index in [1.165, 1.54) is 0 Å². The van der Waals surface area contributed by atoms with E-state index in [0.29, 0.717) is 36.5 Å². The van der Waals surface area contributed by atoms with Gasteiger partial charge in [-0.3, -0.25) is 4.79 Å². The zero-order valence-electron chi connectivity index (χ0n) is 18.5. The topological polar surface area (TPSA) is 84.0 Å². The Morgan fingerprint density at radius 3 is 2.44 bits per heavy atom. The minimum absolute atomic E-state index is 0. The second kappa shape index (κ2) is 12.2. The first-order valence-corrected chi connectivity index (χ1v) is 10.7. The van der Waals surface area contributed by atoms with Crippen LogP contribution >= 0.6 is 35.6 Å². The molecule has 3 rings (SSSR count). The number of benzene rings is 2. The molecule has 1 heterocycles. The molecule has 2 aromatic rings. The fourth-order valence-corrected chi connectivity index (χ4v) is 3.03. The minimum atomic E-state index is -0.304. The molecule has 2 aromatic carbocycles. The van der Waals surface area contributed by atoms with Gasteiger partial charge in [0.2, 0.25) is 5.91 Å². The Morgan fingerprint density at radius 1 is 1.06 bits per heavy atom. The van der Waals surface area contributed by atoms with Crippen LogP contribution in [0.15, 0.2) is 47.5 Å². The first-order valence-electron chi connectivity index (χ1n) is 10.3. The average Bonchev–Trinajstić information content (AvgIpc) is 2.95. The minimum Gasteiger partial charge on any atom is -0.490 e. The number of ether oxygens (including phenoxy) is 2. The van der Waals surface area contributed by atoms with Crippen LogP contribution in [-0.4, -0.2) is 37.2 Å². The first kappa shape index (κ1) is 26.1. The largest absolute Gasteiger partial charge is 0.490 e. The van der Waals surface area contributed by atoms with Crippen molar-refractivity contribution in [1.82, 2.24) is 10.6 Å². The fraction of sp³-hybridized carbons (Fsp3) is 0.391. The third kappa shape index (κ3) is 8.74. The molecule has 0 fully saturated rings. The zero-order chi connectivity index (χ0) is 22.3. The molecular weight excluding hydrogens is 543 g/mol. The van der Waals surface area contributed by atoms with Crippen LogP contribution in [0.1, 0.15) is 32.8 Å². The molecule has 174 valence electrons. The van der Waals surface area contributed by atoms with Gasteiger partial charge in [0.25, 0.3) is 0 Å². The maximum atomic E-state index is 12.2. The Hall–Kier alpha value is -2.20. The van der Waals surface area contributed by atoms with Crippen molar-refractivity contribution in [3.63, 3.8) is 0 Å². The molecule has 0 saturated heterocycles. The van der Waals surface area contributed by atoms with Crippen LogP contribution in [0.25, 0.3) is 0 Å². The highest BCUT2D eigenvalue weighted by Crippen LogP contribution is 2.32. The number of carbonyl (C=O) groups excluding carboxylic acids is 1. The smallest absolute Gasteiger partial charge is 0.239 e. The van der Waals surface area contributed by atoms with Gasteiger partial charge in [0.15, 0.2) is 17.5 Å². The lowest BCUT2D eigenvalue weighted by molar-refractivity contribution is -0.121. The van der Waals surface area contributed by atoms with E-state index in [4.69, 9.17) is 21.1 Å². The Labute approximate surface area is 211 Å². The average molecular weight is 573 g/mol. The van der Waals surface area contributed by atoms with E-state index >= 15 is 0 Å². The van der Waals surface area contributed by atoms with Crippen molar-refractivity contribution < 1.29 is 14.3 Å². The predicted octanol–water partition coefficient (Wildman–Crippen LogP) is 4.59. The molecule has 0 radical (unpaired) electrons. The van der Waals surface area contributed by atoms with Gasteiger partial charge >= 0.3 is 0 Å². The van der Waals surface area contributed by atoms with Gasteiger partial charge < -0.3 is 25.4 Å². The van der Waals surface area contributed by atoms with E-state index in [-0.39, 0.29) is 42.0 Å². The lowest BCUT2D eigenvalue weighted by Gasteiger charge is -2.21. The zero-order valence-corrected chi connectivity index (χ0v) is 21.6. The van der Waals surface area contributed by atoms with Crippen LogP contribution in [0, 0.1) is 0 Å². The molecule has 1 amide bonds. The molecule has 3 N–H and O–H groups in total. The number of hydrogen-bond donors (Lipinski definition) is 3. The Bertz CT molecular complexity index is 930. The quantitative estimate of drug-likeness (QED) is 0.277. The number of hydrogen-bond acceptors (Lipinski definition) is 4. The van der Waals surface area contributed by atoms with E-state index in [1.807, 2.05) is 63.2 Å². The number of carbonyl (C=O) groups is 1. The number of nitrogens with zero attached hydrogens (tertiary/aromatic N) is 1. The van der Waals surface area contributed by atoms with Crippen molar-refractivity contribution in [1.29, 1.82) is 0 Å². The van der Waals surface area contributed by atoms with Crippen LogP contribution in [0.5, 0.6) is 11.5 Å². The lowest BCUT2D eigenvalue weighted by atomic mass is 10.1. The summed E-state index contributed by atoms with van der Waals surface area (Å²) in [6.45, 7) is 7.59. The summed E-state index contributed by atoms with van der Waals surface area (Å²) in [7, 11) is 0. The number of rotatable bonds is 5. The molecule has 1 aliphatic rings. The standard InChI is InChI=1S/C23H29ClN4O3.HI/c1-23(2,3)28-21(29)15-26-22(25-14-16-5-7-17(24)8-6-16)27-18-9-10-19-20(13-18)31-12-4-11-30-19;/h5-10,13H,4,11-12,14-15H2,1-3H3,(H,28,29)(H2,25,26,27);1H. The van der Waals surface area contributed by atoms with E-state index in [1.54, 1.807) is 0 Å². The summed E-state index contributed by atoms with van der Waals surface area (Å²) >= 11 is 5.96. The summed E-state index contributed by atoms with van der Waals surface area (Å²) in [5.74, 6) is 1.77. The van der Waals surface area contributed by atoms with Gasteiger partial charge in [-0.2, -0.15) is 0 Å². The van der Waals surface area contributed by atoms with E-state index < -0.39 is 0 Å². The molecule has 32 heavy (non-hydrogen) atoms. The molecule has 0 bridgehead atoms. The molecule has 9 heteroatoms. The van der Waals surface area contributed by atoms with Crippen LogP contribution in [-0.2, 0) is 11.3 Å². The number of aliphatic imine (C=N–C) groups is 1. The van der Waals surface area contributed by atoms with Crippen LogP contribution in [0.3, 0.4) is 0 Å². The van der Waals surface area contributed by atoms with Gasteiger partial charge in [-0.1, -0.05) is 23.7 Å². The molecule has 0 aliphatic carbocycles. The van der Waals surface area contributed by atoms with Crippen molar-refractivity contribution in [3.8, 4) is 11.5 Å². The summed E-state index contributed by atoms with van der Waals surface area (Å²) in [6, 6.07) is 13.1. The molecular formula is C23H30ClIN4O3. The normalized spacial score (nSPS) is 13.4. The second-order valence-corrected chi connectivity index (χ2v) is 8.72. The van der Waals surface area contributed by atoms with Gasteiger partial charge in [-0.15, -0.1) is 24.0 Å². The van der Waals surface area contributed by atoms with Gasteiger partial charge in [0, 0.05) is 28.7 Å². The van der Waals surface area contributed by atoms with Crippen molar-refractivity contribution in [2.45, 2.75) is 39.3 Å². The third-order valence-corrected chi connectivity index (χ3v) is 4.53. The summed E-state index contributed by atoms with van der Waals surface area (Å²) in [5.41, 5.74) is 1.48. The second-order valence-electron chi connectivity index (χ2n) is 8.28. The van der Waals surface area contributed by atoms with Crippen LogP contribution in [0.2, 0.25) is 5.02 Å². The highest BCUT2D eigenvalue weighted by atomic mass is 127. The Kier molecular flexibility index (Phi) is 9.89. The molecule has 1 aliphatic heterocycles. The number of guanidine groups is 1. The number of halogens is 2. The summed E-state index contributed by atoms with van der Waals surface area (Å²) < 4.78 is 11.4. The van der Waals surface area contributed by atoms with E-state index in [9.17, 15) is 4.79 Å². The number of anilines is 1. The van der Waals surface area contributed by atoms with Gasteiger partial charge in [-0.05, 0) is 50.6 Å². The maximum Gasteiger partial charge on any atom is 0.239 e. The van der Waals surface area contributed by atoms with Gasteiger partial charge in [0.05, 0.1) is 26.3 Å². The highest BCUT2D eigenvalue weighted by molar-refractivity contribution is 14.0. The van der Waals surface area contributed by atoms with Gasteiger partial charge in [0.1, 0.15) is 0 Å². The van der Waals surface area contributed by atoms with Crippen molar-refractivity contribution in [2.75, 3.05) is 25.1 Å². The molecule has 0 saturated carbocycles. The predicted molar refractivity (Wildman–Crippen MR) is 140 cm³/mol. The first-order chi connectivity index (χ1) is 14.8. The van der Waals surface area contributed by atoms with Crippen LogP contribution in [0.4, 0.5) is 5.69 Å². The monoisotopic (exact) mass is 572 g/mol. The maximum absolute atomic E-state index is 12.2. The van der Waals surface area contributed by atoms with Crippen molar-refractivity contribution >= 4 is 53.1 Å². The number of fused-ring (bicyclic) bond motifs is 1. The van der Waals surface area contributed by atoms with Crippen molar-refractivity contribution in [3.05, 3.63) is 53.1 Å². The molecule has 0 unspecified atom stereocenters. The highest BCUT2D eigenvalue weighted by Gasteiger charge is 2.15. The third-order valence-electron chi connectivity index (χ3n) is 4.27. The molecule has 0 atom stereocenters.